The summed E-state index contributed by atoms with van der Waals surface area (Å²) < 4.78 is 9.89. The van der Waals surface area contributed by atoms with Gasteiger partial charge in [-0.25, -0.2) is 0 Å². The molecule has 0 bridgehead atoms. The van der Waals surface area contributed by atoms with Gasteiger partial charge in [0.15, 0.2) is 5.41 Å². The van der Waals surface area contributed by atoms with Gasteiger partial charge in [-0.1, -0.05) is 36.4 Å². The molecule has 4 nitrogen and oxygen atoms in total. The molecule has 0 radical (unpaired) electrons. The van der Waals surface area contributed by atoms with E-state index in [9.17, 15) is 9.59 Å². The molecule has 4 heteroatoms. The van der Waals surface area contributed by atoms with E-state index in [0.29, 0.717) is 12.8 Å². The average molecular weight is 338 g/mol. The Morgan fingerprint density at radius 2 is 1.48 bits per heavy atom. The molecule has 0 aliphatic heterocycles. The lowest BCUT2D eigenvalue weighted by atomic mass is 9.84. The fourth-order valence-corrected chi connectivity index (χ4v) is 3.87. The molecule has 130 valence electrons. The maximum Gasteiger partial charge on any atom is 0.323 e. The molecular weight excluding hydrogens is 316 g/mol. The topological polar surface area (TPSA) is 52.6 Å². The van der Waals surface area contributed by atoms with Gasteiger partial charge in [-0.3, -0.25) is 9.59 Å². The first-order chi connectivity index (χ1) is 11.9. The molecule has 0 amide bonds. The molecule has 0 aromatic heterocycles. The summed E-state index contributed by atoms with van der Waals surface area (Å²) in [5.74, 6) is -1.06. The van der Waals surface area contributed by atoms with Crippen LogP contribution in [0.1, 0.15) is 22.3 Å². The maximum atomic E-state index is 12.5. The third-order valence-electron chi connectivity index (χ3n) is 5.25. The number of aryl methyl sites for hydroxylation is 1. The summed E-state index contributed by atoms with van der Waals surface area (Å²) >= 11 is 0. The van der Waals surface area contributed by atoms with Crippen LogP contribution in [0.25, 0.3) is 11.1 Å². The molecule has 2 aromatic rings. The van der Waals surface area contributed by atoms with Crippen molar-refractivity contribution in [2.75, 3.05) is 14.2 Å². The number of methoxy groups -OCH3 is 2. The zero-order chi connectivity index (χ0) is 18.2. The highest BCUT2D eigenvalue weighted by molar-refractivity contribution is 6.02. The Hall–Kier alpha value is -2.62. The molecule has 1 aliphatic carbocycles. The Morgan fingerprint density at radius 1 is 0.920 bits per heavy atom. The van der Waals surface area contributed by atoms with E-state index in [1.807, 2.05) is 32.0 Å². The highest BCUT2D eigenvalue weighted by Gasteiger charge is 2.53. The first-order valence-electron chi connectivity index (χ1n) is 8.29. The lowest BCUT2D eigenvalue weighted by molar-refractivity contribution is -0.168. The molecule has 3 rings (SSSR count). The molecule has 1 aliphatic rings. The Morgan fingerprint density at radius 3 is 2.04 bits per heavy atom. The van der Waals surface area contributed by atoms with E-state index in [2.05, 4.69) is 18.2 Å². The highest BCUT2D eigenvalue weighted by Crippen LogP contribution is 2.44. The van der Waals surface area contributed by atoms with Crippen molar-refractivity contribution in [1.82, 2.24) is 0 Å². The molecule has 0 saturated carbocycles. The molecule has 0 atom stereocenters. The van der Waals surface area contributed by atoms with Gasteiger partial charge in [0, 0.05) is 12.8 Å². The van der Waals surface area contributed by atoms with Crippen LogP contribution in [0.4, 0.5) is 0 Å². The van der Waals surface area contributed by atoms with Gasteiger partial charge >= 0.3 is 11.9 Å². The number of benzene rings is 2. The van der Waals surface area contributed by atoms with E-state index in [1.54, 1.807) is 0 Å². The second-order valence-electron chi connectivity index (χ2n) is 6.61. The van der Waals surface area contributed by atoms with Crippen LogP contribution < -0.4 is 0 Å². The predicted octanol–water partition coefficient (Wildman–Crippen LogP) is 3.40. The minimum absolute atomic E-state index is 0.315. The molecular formula is C21H22O4. The van der Waals surface area contributed by atoms with Crippen LogP contribution in [-0.4, -0.2) is 26.2 Å². The summed E-state index contributed by atoms with van der Waals surface area (Å²) in [6.07, 6.45) is 0.637. The molecule has 0 fully saturated rings. The minimum atomic E-state index is -1.28. The third kappa shape index (κ3) is 2.62. The monoisotopic (exact) mass is 338 g/mol. The van der Waals surface area contributed by atoms with Crippen molar-refractivity contribution in [2.45, 2.75) is 26.7 Å². The second kappa shape index (κ2) is 6.36. The zero-order valence-corrected chi connectivity index (χ0v) is 15.0. The molecule has 2 aromatic carbocycles. The van der Waals surface area contributed by atoms with Crippen molar-refractivity contribution in [1.29, 1.82) is 0 Å². The van der Waals surface area contributed by atoms with Gasteiger partial charge in [0.2, 0.25) is 0 Å². The second-order valence-corrected chi connectivity index (χ2v) is 6.61. The van der Waals surface area contributed by atoms with Crippen LogP contribution >= 0.6 is 0 Å². The zero-order valence-electron chi connectivity index (χ0n) is 15.0. The van der Waals surface area contributed by atoms with Crippen molar-refractivity contribution in [3.63, 3.8) is 0 Å². The van der Waals surface area contributed by atoms with E-state index in [0.717, 1.165) is 33.4 Å². The smallest absolute Gasteiger partial charge is 0.323 e. The van der Waals surface area contributed by atoms with Crippen molar-refractivity contribution in [3.05, 3.63) is 58.7 Å². The van der Waals surface area contributed by atoms with E-state index in [1.165, 1.54) is 14.2 Å². The Balaban J connectivity index is 2.15. The SMILES string of the molecule is COC(=O)C1(C(=O)OC)Cc2c(C)cc(-c3ccccc3)c(C)c2C1. The van der Waals surface area contributed by atoms with Crippen LogP contribution in [0.3, 0.4) is 0 Å². The van der Waals surface area contributed by atoms with Gasteiger partial charge < -0.3 is 9.47 Å². The summed E-state index contributed by atoms with van der Waals surface area (Å²) in [6, 6.07) is 12.3. The third-order valence-corrected chi connectivity index (χ3v) is 5.25. The lowest BCUT2D eigenvalue weighted by Crippen LogP contribution is -2.42. The van der Waals surface area contributed by atoms with Crippen molar-refractivity contribution in [3.8, 4) is 11.1 Å². The Labute approximate surface area is 147 Å². The van der Waals surface area contributed by atoms with E-state index < -0.39 is 17.4 Å². The first kappa shape index (κ1) is 17.2. The van der Waals surface area contributed by atoms with Crippen LogP contribution in [0.5, 0.6) is 0 Å². The highest BCUT2D eigenvalue weighted by atomic mass is 16.5. The quantitative estimate of drug-likeness (QED) is 0.636. The summed E-state index contributed by atoms with van der Waals surface area (Å²) in [4.78, 5) is 24.9. The van der Waals surface area contributed by atoms with Gasteiger partial charge in [-0.15, -0.1) is 0 Å². The molecule has 0 heterocycles. The van der Waals surface area contributed by atoms with E-state index in [-0.39, 0.29) is 0 Å². The van der Waals surface area contributed by atoms with E-state index >= 15 is 0 Å². The van der Waals surface area contributed by atoms with Crippen LogP contribution in [-0.2, 0) is 31.9 Å². The van der Waals surface area contributed by atoms with E-state index in [4.69, 9.17) is 9.47 Å². The largest absolute Gasteiger partial charge is 0.468 e. The number of fused-ring (bicyclic) bond motifs is 1. The summed E-state index contributed by atoms with van der Waals surface area (Å²) in [5, 5.41) is 0. The number of hydrogen-bond acceptors (Lipinski definition) is 4. The van der Waals surface area contributed by atoms with Crippen LogP contribution in [0.15, 0.2) is 36.4 Å². The van der Waals surface area contributed by atoms with Crippen molar-refractivity contribution in [2.24, 2.45) is 5.41 Å². The normalized spacial score (nSPS) is 14.7. The number of carbonyl (C=O) groups is 2. The summed E-state index contributed by atoms with van der Waals surface area (Å²) in [7, 11) is 2.62. The van der Waals surface area contributed by atoms with Gasteiger partial charge in [-0.05, 0) is 47.2 Å². The molecule has 0 N–H and O–H groups in total. The fourth-order valence-electron chi connectivity index (χ4n) is 3.87. The van der Waals surface area contributed by atoms with Crippen LogP contribution in [0.2, 0.25) is 0 Å². The predicted molar refractivity (Wildman–Crippen MR) is 95.2 cm³/mol. The Kier molecular flexibility index (Phi) is 4.38. The van der Waals surface area contributed by atoms with Gasteiger partial charge in [0.25, 0.3) is 0 Å². The van der Waals surface area contributed by atoms with Gasteiger partial charge in [-0.2, -0.15) is 0 Å². The summed E-state index contributed by atoms with van der Waals surface area (Å²) in [6.45, 7) is 4.07. The summed E-state index contributed by atoms with van der Waals surface area (Å²) in [5.41, 5.74) is 5.25. The molecule has 0 spiro atoms. The lowest BCUT2D eigenvalue weighted by Gasteiger charge is -2.22. The molecule has 0 unspecified atom stereocenters. The van der Waals surface area contributed by atoms with Crippen molar-refractivity contribution >= 4 is 11.9 Å². The van der Waals surface area contributed by atoms with Crippen LogP contribution in [0, 0.1) is 19.3 Å². The first-order valence-corrected chi connectivity index (χ1v) is 8.29. The van der Waals surface area contributed by atoms with Gasteiger partial charge in [0.05, 0.1) is 14.2 Å². The Bertz CT molecular complexity index is 821. The number of rotatable bonds is 3. The maximum absolute atomic E-state index is 12.5. The number of hydrogen-bond donors (Lipinski definition) is 0. The number of esters is 2. The molecule has 0 saturated heterocycles. The number of carbonyl (C=O) groups excluding carboxylic acids is 2. The molecule has 25 heavy (non-hydrogen) atoms. The van der Waals surface area contributed by atoms with Crippen molar-refractivity contribution < 1.29 is 19.1 Å². The minimum Gasteiger partial charge on any atom is -0.468 e. The number of ether oxygens (including phenoxy) is 2. The average Bonchev–Trinajstić information content (AvgIpc) is 3.07. The fraction of sp³-hybridized carbons (Fsp3) is 0.333. The van der Waals surface area contributed by atoms with Gasteiger partial charge in [0.1, 0.15) is 0 Å². The standard InChI is InChI=1S/C21H22O4/c1-13-10-16(15-8-6-5-7-9-15)14(2)18-12-21(11-17(13)18,19(22)24-3)20(23)25-4/h5-10H,11-12H2,1-4H3.